The van der Waals surface area contributed by atoms with Crippen molar-refractivity contribution in [1.29, 1.82) is 0 Å². The highest BCUT2D eigenvalue weighted by Gasteiger charge is 2.38. The van der Waals surface area contributed by atoms with Crippen LogP contribution in [0.15, 0.2) is 152 Å². The summed E-state index contributed by atoms with van der Waals surface area (Å²) in [6.45, 7) is 9.51. The smallest absolute Gasteiger partial charge is 0.0540 e. The molecule has 0 radical (unpaired) electrons. The minimum atomic E-state index is -0.0997. The largest absolute Gasteiger partial charge is 0.310 e. The zero-order valence-corrected chi connectivity index (χ0v) is 29.4. The summed E-state index contributed by atoms with van der Waals surface area (Å²) in [4.78, 5) is 2.53. The Kier molecular flexibility index (Phi) is 5.58. The number of hydrogen-bond acceptors (Lipinski definition) is 1. The lowest BCUT2D eigenvalue weighted by Gasteiger charge is -2.31. The molecular formula is C50H37N. The van der Waals surface area contributed by atoms with Crippen molar-refractivity contribution in [1.82, 2.24) is 0 Å². The first-order chi connectivity index (χ1) is 24.8. The molecule has 1 nitrogen and oxygen atoms in total. The molecule has 2 aliphatic carbocycles. The van der Waals surface area contributed by atoms with Gasteiger partial charge < -0.3 is 4.90 Å². The number of rotatable bonds is 3. The van der Waals surface area contributed by atoms with E-state index in [9.17, 15) is 0 Å². The molecule has 0 bridgehead atoms. The number of fused-ring (bicyclic) bond motifs is 8. The summed E-state index contributed by atoms with van der Waals surface area (Å²) in [7, 11) is 0. The second-order valence-electron chi connectivity index (χ2n) is 15.7. The molecule has 0 fully saturated rings. The maximum atomic E-state index is 2.53. The van der Waals surface area contributed by atoms with Crippen LogP contribution in [0.4, 0.5) is 17.1 Å². The molecule has 1 heteroatoms. The Hall–Kier alpha value is -5.92. The minimum Gasteiger partial charge on any atom is -0.310 e. The Bertz CT molecular complexity index is 2770. The van der Waals surface area contributed by atoms with Gasteiger partial charge in [0.25, 0.3) is 0 Å². The van der Waals surface area contributed by atoms with Gasteiger partial charge >= 0.3 is 0 Å². The quantitative estimate of drug-likeness (QED) is 0.136. The van der Waals surface area contributed by atoms with Gasteiger partial charge in [0.05, 0.1) is 5.69 Å². The first-order valence-electron chi connectivity index (χ1n) is 18.2. The molecule has 0 aromatic heterocycles. The summed E-state index contributed by atoms with van der Waals surface area (Å²) in [5.74, 6) is 0. The SMILES string of the molecule is CC1(C)c2ccccc2-c2ccc(N(c3ccc4c(c3)C(C)(C)c3ccccc3-4)c3ccc4c5cccc6cccc(c7cccc3c74)c65)cc21. The summed E-state index contributed by atoms with van der Waals surface area (Å²) in [5.41, 5.74) is 14.3. The molecule has 51 heavy (non-hydrogen) atoms. The van der Waals surface area contributed by atoms with E-state index in [1.165, 1.54) is 105 Å². The lowest BCUT2D eigenvalue weighted by molar-refractivity contribution is 0.660. The van der Waals surface area contributed by atoms with E-state index < -0.39 is 0 Å². The maximum absolute atomic E-state index is 2.53. The van der Waals surface area contributed by atoms with E-state index in [0.29, 0.717) is 0 Å². The van der Waals surface area contributed by atoms with Crippen molar-refractivity contribution in [2.75, 3.05) is 4.90 Å². The van der Waals surface area contributed by atoms with E-state index in [4.69, 9.17) is 0 Å². The predicted octanol–water partition coefficient (Wildman–Crippen LogP) is 13.8. The average Bonchev–Trinajstić information content (AvgIpc) is 3.53. The van der Waals surface area contributed by atoms with E-state index in [0.717, 1.165) is 0 Å². The Morgan fingerprint density at radius 1 is 0.353 bits per heavy atom. The van der Waals surface area contributed by atoms with Crippen LogP contribution in [0, 0.1) is 0 Å². The molecule has 9 aromatic rings. The normalized spacial score (nSPS) is 15.0. The standard InChI is InChI=1S/C50H37N/c1-49(2)42-20-7-5-14-33(42)35-24-22-31(28-44(35)49)51(32-23-25-36-34-15-6-8-21-43(34)50(3,4)45(36)29-32)46-27-26-40-38-17-10-13-30-12-9-16-37(47(30)38)39-18-11-19-41(46)48(39)40/h5-29H,1-4H3. The fourth-order valence-electron chi connectivity index (χ4n) is 9.92. The Balaban J connectivity index is 1.21. The number of hydrogen-bond donors (Lipinski definition) is 0. The summed E-state index contributed by atoms with van der Waals surface area (Å²) < 4.78 is 0. The molecule has 0 unspecified atom stereocenters. The van der Waals surface area contributed by atoms with Gasteiger partial charge in [0.2, 0.25) is 0 Å². The van der Waals surface area contributed by atoms with Gasteiger partial charge in [-0.1, -0.05) is 149 Å². The molecule has 0 aliphatic heterocycles. The fraction of sp³-hybridized carbons (Fsp3) is 0.120. The van der Waals surface area contributed by atoms with Gasteiger partial charge in [-0.3, -0.25) is 0 Å². The van der Waals surface area contributed by atoms with Gasteiger partial charge in [-0.05, 0) is 113 Å². The Labute approximate surface area is 298 Å². The lowest BCUT2D eigenvalue weighted by atomic mass is 9.82. The summed E-state index contributed by atoms with van der Waals surface area (Å²) in [5, 5.41) is 10.5. The van der Waals surface area contributed by atoms with Gasteiger partial charge in [0.1, 0.15) is 0 Å². The van der Waals surface area contributed by atoms with Crippen LogP contribution in [0.1, 0.15) is 49.9 Å². The summed E-state index contributed by atoms with van der Waals surface area (Å²) >= 11 is 0. The summed E-state index contributed by atoms with van der Waals surface area (Å²) in [6.07, 6.45) is 0. The van der Waals surface area contributed by atoms with Crippen LogP contribution in [-0.4, -0.2) is 0 Å². The first kappa shape index (κ1) is 28.9. The zero-order chi connectivity index (χ0) is 34.2. The number of anilines is 3. The Morgan fingerprint density at radius 3 is 1.37 bits per heavy atom. The minimum absolute atomic E-state index is 0.0997. The highest BCUT2D eigenvalue weighted by atomic mass is 15.1. The van der Waals surface area contributed by atoms with E-state index >= 15 is 0 Å². The molecule has 9 aromatic carbocycles. The molecule has 0 heterocycles. The second kappa shape index (κ2) is 9.86. The zero-order valence-electron chi connectivity index (χ0n) is 29.4. The molecule has 0 spiro atoms. The van der Waals surface area contributed by atoms with Crippen molar-refractivity contribution in [3.8, 4) is 22.3 Å². The molecule has 0 atom stereocenters. The van der Waals surface area contributed by atoms with Crippen molar-refractivity contribution >= 4 is 60.2 Å². The van der Waals surface area contributed by atoms with Gasteiger partial charge in [-0.2, -0.15) is 0 Å². The van der Waals surface area contributed by atoms with Crippen molar-refractivity contribution in [3.05, 3.63) is 174 Å². The number of nitrogens with zero attached hydrogens (tertiary/aromatic N) is 1. The van der Waals surface area contributed by atoms with E-state index in [2.05, 4.69) is 184 Å². The van der Waals surface area contributed by atoms with Crippen LogP contribution < -0.4 is 4.90 Å². The van der Waals surface area contributed by atoms with Crippen LogP contribution in [-0.2, 0) is 10.8 Å². The van der Waals surface area contributed by atoms with Crippen molar-refractivity contribution < 1.29 is 0 Å². The lowest BCUT2D eigenvalue weighted by Crippen LogP contribution is -2.18. The fourth-order valence-corrected chi connectivity index (χ4v) is 9.92. The Morgan fingerprint density at radius 2 is 0.804 bits per heavy atom. The third-order valence-electron chi connectivity index (χ3n) is 12.4. The molecular weight excluding hydrogens is 615 g/mol. The van der Waals surface area contributed by atoms with E-state index in [1.54, 1.807) is 0 Å². The van der Waals surface area contributed by atoms with Crippen molar-refractivity contribution in [3.63, 3.8) is 0 Å². The first-order valence-corrected chi connectivity index (χ1v) is 18.2. The third kappa shape index (κ3) is 3.71. The van der Waals surface area contributed by atoms with Crippen LogP contribution in [0.5, 0.6) is 0 Å². The van der Waals surface area contributed by atoms with Gasteiger partial charge in [0.15, 0.2) is 0 Å². The van der Waals surface area contributed by atoms with Crippen LogP contribution in [0.25, 0.3) is 65.3 Å². The van der Waals surface area contributed by atoms with Crippen LogP contribution in [0.2, 0.25) is 0 Å². The van der Waals surface area contributed by atoms with Crippen LogP contribution in [0.3, 0.4) is 0 Å². The molecule has 242 valence electrons. The molecule has 0 saturated carbocycles. The average molecular weight is 652 g/mol. The monoisotopic (exact) mass is 651 g/mol. The van der Waals surface area contributed by atoms with Crippen LogP contribution >= 0.6 is 0 Å². The van der Waals surface area contributed by atoms with Gasteiger partial charge in [-0.15, -0.1) is 0 Å². The molecule has 0 amide bonds. The molecule has 2 aliphatic rings. The van der Waals surface area contributed by atoms with Crippen molar-refractivity contribution in [2.45, 2.75) is 38.5 Å². The highest BCUT2D eigenvalue weighted by Crippen LogP contribution is 2.54. The van der Waals surface area contributed by atoms with Gasteiger partial charge in [0, 0.05) is 27.6 Å². The second-order valence-corrected chi connectivity index (χ2v) is 15.7. The molecule has 11 rings (SSSR count). The molecule has 0 saturated heterocycles. The van der Waals surface area contributed by atoms with Gasteiger partial charge in [-0.25, -0.2) is 0 Å². The number of benzene rings is 9. The topological polar surface area (TPSA) is 3.24 Å². The summed E-state index contributed by atoms with van der Waals surface area (Å²) in [6, 6.07) is 57.3. The highest BCUT2D eigenvalue weighted by molar-refractivity contribution is 6.34. The predicted molar refractivity (Wildman–Crippen MR) is 217 cm³/mol. The van der Waals surface area contributed by atoms with E-state index in [1.807, 2.05) is 0 Å². The molecule has 0 N–H and O–H groups in total. The third-order valence-corrected chi connectivity index (χ3v) is 12.4. The van der Waals surface area contributed by atoms with Crippen molar-refractivity contribution in [2.24, 2.45) is 0 Å². The van der Waals surface area contributed by atoms with E-state index in [-0.39, 0.29) is 10.8 Å². The maximum Gasteiger partial charge on any atom is 0.0540 e.